The first kappa shape index (κ1) is 15.8. The van der Waals surface area contributed by atoms with Crippen molar-refractivity contribution in [1.82, 2.24) is 9.55 Å². The molecule has 0 aliphatic heterocycles. The van der Waals surface area contributed by atoms with Crippen molar-refractivity contribution in [2.45, 2.75) is 6.92 Å². The highest BCUT2D eigenvalue weighted by molar-refractivity contribution is 5.86. The van der Waals surface area contributed by atoms with Crippen LogP contribution >= 0.6 is 0 Å². The van der Waals surface area contributed by atoms with Crippen LogP contribution in [0.5, 0.6) is 0 Å². The number of nitro groups is 1. The summed E-state index contributed by atoms with van der Waals surface area (Å²) in [6, 6.07) is 19.4. The quantitative estimate of drug-likeness (QED) is 0.418. The molecule has 6 heteroatoms. The number of nitrogens with zero attached hydrogens (tertiary/aromatic N) is 3. The molecule has 0 bridgehead atoms. The summed E-state index contributed by atoms with van der Waals surface area (Å²) in [7, 11) is 0. The van der Waals surface area contributed by atoms with Crippen LogP contribution in [0, 0.1) is 17.0 Å². The molecule has 0 aliphatic carbocycles. The second kappa shape index (κ2) is 6.33. The fourth-order valence-corrected chi connectivity index (χ4v) is 2.94. The van der Waals surface area contributed by atoms with Gasteiger partial charge in [0.05, 0.1) is 10.4 Å². The lowest BCUT2D eigenvalue weighted by Gasteiger charge is -2.08. The van der Waals surface area contributed by atoms with E-state index in [0.717, 1.165) is 22.3 Å². The topological polar surface area (TPSA) is 73.0 Å². The highest BCUT2D eigenvalue weighted by Crippen LogP contribution is 2.25. The van der Waals surface area contributed by atoms with Gasteiger partial charge in [0.2, 0.25) is 0 Å². The third-order valence-electron chi connectivity index (χ3n) is 4.19. The lowest BCUT2D eigenvalue weighted by molar-refractivity contribution is -0.385. The van der Waals surface area contributed by atoms with Gasteiger partial charge >= 0.3 is 0 Å². The van der Waals surface area contributed by atoms with E-state index in [4.69, 9.17) is 0 Å². The molecule has 0 amide bonds. The van der Waals surface area contributed by atoms with E-state index in [1.54, 1.807) is 6.07 Å². The van der Waals surface area contributed by atoms with E-state index in [2.05, 4.69) is 35.4 Å². The first-order valence-corrected chi connectivity index (χ1v) is 8.16. The van der Waals surface area contributed by atoms with Gasteiger partial charge in [-0.2, -0.15) is 0 Å². The SMILES string of the molecule is Cc1cccc(Nc2ccc3c(ccn3-c3ccc([N+](=O)[O-])cn3)c2)c1. The maximum atomic E-state index is 10.8. The maximum absolute atomic E-state index is 10.8. The molecule has 2 aromatic heterocycles. The van der Waals surface area contributed by atoms with Crippen LogP contribution < -0.4 is 5.32 Å². The Balaban J connectivity index is 1.66. The predicted molar refractivity (Wildman–Crippen MR) is 102 cm³/mol. The molecule has 4 rings (SSSR count). The van der Waals surface area contributed by atoms with E-state index in [1.165, 1.54) is 17.8 Å². The minimum absolute atomic E-state index is 0.0187. The Labute approximate surface area is 149 Å². The summed E-state index contributed by atoms with van der Waals surface area (Å²) in [5.41, 5.74) is 4.21. The zero-order chi connectivity index (χ0) is 18.1. The van der Waals surface area contributed by atoms with Crippen molar-refractivity contribution < 1.29 is 4.92 Å². The zero-order valence-corrected chi connectivity index (χ0v) is 14.1. The third kappa shape index (κ3) is 3.00. The van der Waals surface area contributed by atoms with E-state index in [9.17, 15) is 10.1 Å². The number of hydrogen-bond acceptors (Lipinski definition) is 4. The van der Waals surface area contributed by atoms with Gasteiger partial charge in [-0.15, -0.1) is 0 Å². The zero-order valence-electron chi connectivity index (χ0n) is 14.1. The van der Waals surface area contributed by atoms with Crippen molar-refractivity contribution in [3.8, 4) is 5.82 Å². The molecule has 0 saturated heterocycles. The number of benzene rings is 2. The lowest BCUT2D eigenvalue weighted by atomic mass is 10.2. The van der Waals surface area contributed by atoms with Gasteiger partial charge in [-0.1, -0.05) is 12.1 Å². The van der Waals surface area contributed by atoms with E-state index < -0.39 is 4.92 Å². The smallest absolute Gasteiger partial charge is 0.287 e. The van der Waals surface area contributed by atoms with Gasteiger partial charge in [-0.25, -0.2) is 4.98 Å². The Hall–Kier alpha value is -3.67. The molecule has 6 nitrogen and oxygen atoms in total. The van der Waals surface area contributed by atoms with E-state index in [-0.39, 0.29) is 5.69 Å². The first-order valence-electron chi connectivity index (χ1n) is 8.16. The Bertz CT molecular complexity index is 1100. The summed E-state index contributed by atoms with van der Waals surface area (Å²) in [4.78, 5) is 14.5. The van der Waals surface area contributed by atoms with Crippen molar-refractivity contribution in [2.24, 2.45) is 0 Å². The summed E-state index contributed by atoms with van der Waals surface area (Å²) >= 11 is 0. The van der Waals surface area contributed by atoms with E-state index in [0.29, 0.717) is 5.82 Å². The Morgan fingerprint density at radius 3 is 2.62 bits per heavy atom. The molecule has 128 valence electrons. The van der Waals surface area contributed by atoms with Crippen molar-refractivity contribution in [2.75, 3.05) is 5.32 Å². The molecular weight excluding hydrogens is 328 g/mol. The summed E-state index contributed by atoms with van der Waals surface area (Å²) in [5.74, 6) is 0.644. The average molecular weight is 344 g/mol. The molecule has 0 fully saturated rings. The molecule has 0 atom stereocenters. The van der Waals surface area contributed by atoms with Gasteiger partial charge < -0.3 is 9.88 Å². The van der Waals surface area contributed by atoms with Crippen LogP contribution in [0.1, 0.15) is 5.56 Å². The van der Waals surface area contributed by atoms with Gasteiger partial charge in [0.25, 0.3) is 5.69 Å². The molecule has 26 heavy (non-hydrogen) atoms. The van der Waals surface area contributed by atoms with Crippen LogP contribution in [0.15, 0.2) is 73.1 Å². The van der Waals surface area contributed by atoms with Gasteiger partial charge in [0, 0.05) is 29.0 Å². The fourth-order valence-electron chi connectivity index (χ4n) is 2.94. The van der Waals surface area contributed by atoms with Crippen molar-refractivity contribution in [1.29, 1.82) is 0 Å². The second-order valence-corrected chi connectivity index (χ2v) is 6.09. The largest absolute Gasteiger partial charge is 0.355 e. The normalized spacial score (nSPS) is 10.8. The highest BCUT2D eigenvalue weighted by atomic mass is 16.6. The third-order valence-corrected chi connectivity index (χ3v) is 4.19. The molecule has 4 aromatic rings. The van der Waals surface area contributed by atoms with Crippen LogP contribution in [0.25, 0.3) is 16.7 Å². The highest BCUT2D eigenvalue weighted by Gasteiger charge is 2.09. The minimum Gasteiger partial charge on any atom is -0.355 e. The average Bonchev–Trinajstić information content (AvgIpc) is 3.05. The number of anilines is 2. The molecule has 2 aromatic carbocycles. The molecule has 2 heterocycles. The van der Waals surface area contributed by atoms with Crippen LogP contribution in [-0.4, -0.2) is 14.5 Å². The Kier molecular flexibility index (Phi) is 3.85. The Morgan fingerprint density at radius 2 is 1.88 bits per heavy atom. The summed E-state index contributed by atoms with van der Waals surface area (Å²) < 4.78 is 1.91. The summed E-state index contributed by atoms with van der Waals surface area (Å²) in [6.45, 7) is 2.06. The second-order valence-electron chi connectivity index (χ2n) is 6.09. The first-order chi connectivity index (χ1) is 12.6. The summed E-state index contributed by atoms with van der Waals surface area (Å²) in [6.07, 6.45) is 3.18. The minimum atomic E-state index is -0.451. The van der Waals surface area contributed by atoms with Crippen LogP contribution in [-0.2, 0) is 0 Å². The number of rotatable bonds is 4. The fraction of sp³-hybridized carbons (Fsp3) is 0.0500. The maximum Gasteiger partial charge on any atom is 0.287 e. The van der Waals surface area contributed by atoms with E-state index in [1.807, 2.05) is 41.1 Å². The number of hydrogen-bond donors (Lipinski definition) is 1. The molecule has 1 N–H and O–H groups in total. The van der Waals surface area contributed by atoms with Crippen LogP contribution in [0.2, 0.25) is 0 Å². The molecule has 0 spiro atoms. The molecule has 0 saturated carbocycles. The number of fused-ring (bicyclic) bond motifs is 1. The molecule has 0 radical (unpaired) electrons. The lowest BCUT2D eigenvalue weighted by Crippen LogP contribution is -1.97. The summed E-state index contributed by atoms with van der Waals surface area (Å²) in [5, 5.41) is 15.2. The standard InChI is InChI=1S/C20H16N4O2/c1-14-3-2-4-16(11-14)22-17-5-7-19-15(12-17)9-10-23(19)20-8-6-18(13-21-20)24(25)26/h2-13,22H,1H3. The monoisotopic (exact) mass is 344 g/mol. The van der Waals surface area contributed by atoms with Gasteiger partial charge in [0.15, 0.2) is 0 Å². The molecule has 0 aliphatic rings. The van der Waals surface area contributed by atoms with Crippen molar-refractivity contribution in [3.05, 3.63) is 88.7 Å². The van der Waals surface area contributed by atoms with Crippen LogP contribution in [0.4, 0.5) is 17.1 Å². The molecular formula is C20H16N4O2. The number of aryl methyl sites for hydroxylation is 1. The van der Waals surface area contributed by atoms with Crippen molar-refractivity contribution >= 4 is 28.0 Å². The van der Waals surface area contributed by atoms with Gasteiger partial charge in [-0.05, 0) is 55.0 Å². The molecule has 0 unspecified atom stereocenters. The van der Waals surface area contributed by atoms with E-state index >= 15 is 0 Å². The van der Waals surface area contributed by atoms with Gasteiger partial charge in [-0.3, -0.25) is 10.1 Å². The number of aromatic nitrogens is 2. The predicted octanol–water partition coefficient (Wildman–Crippen LogP) is 4.99. The Morgan fingerprint density at radius 1 is 1.04 bits per heavy atom. The van der Waals surface area contributed by atoms with Gasteiger partial charge in [0.1, 0.15) is 12.0 Å². The number of pyridine rings is 1. The van der Waals surface area contributed by atoms with Crippen LogP contribution in [0.3, 0.4) is 0 Å². The number of nitrogens with one attached hydrogen (secondary N) is 1. The van der Waals surface area contributed by atoms with Crippen molar-refractivity contribution in [3.63, 3.8) is 0 Å².